The van der Waals surface area contributed by atoms with E-state index in [1.165, 1.54) is 18.2 Å². The predicted octanol–water partition coefficient (Wildman–Crippen LogP) is 5.96. The standard InChI is InChI=1S/C19H17Cl3FNO3/c20-12-7-11(18(23)16(8-12)24-13-2-1-3-13)9-27-19-14(21)4-10(5-15(19)22)6-17(25)26/h4-5,7-8,13,24H,1-3,6,9H2,(H,25,26). The van der Waals surface area contributed by atoms with Crippen molar-refractivity contribution in [3.63, 3.8) is 0 Å². The zero-order valence-corrected chi connectivity index (χ0v) is 16.5. The molecule has 3 rings (SSSR count). The van der Waals surface area contributed by atoms with Crippen LogP contribution in [-0.2, 0) is 17.8 Å². The van der Waals surface area contributed by atoms with Gasteiger partial charge >= 0.3 is 5.97 Å². The van der Waals surface area contributed by atoms with E-state index in [1.807, 2.05) is 0 Å². The van der Waals surface area contributed by atoms with Gasteiger partial charge in [0.25, 0.3) is 0 Å². The summed E-state index contributed by atoms with van der Waals surface area (Å²) in [4.78, 5) is 10.8. The Kier molecular flexibility index (Phi) is 6.35. The molecule has 0 amide bonds. The van der Waals surface area contributed by atoms with Gasteiger partial charge in [-0.3, -0.25) is 4.79 Å². The van der Waals surface area contributed by atoms with Crippen LogP contribution in [0.1, 0.15) is 30.4 Å². The van der Waals surface area contributed by atoms with Gasteiger partial charge in [0.1, 0.15) is 6.61 Å². The number of carboxylic acids is 1. The highest BCUT2D eigenvalue weighted by Gasteiger charge is 2.20. The Balaban J connectivity index is 1.77. The normalized spacial score (nSPS) is 13.9. The molecule has 1 aliphatic carbocycles. The SMILES string of the molecule is O=C(O)Cc1cc(Cl)c(OCc2cc(Cl)cc(NC3CCC3)c2F)c(Cl)c1. The molecular formula is C19H17Cl3FNO3. The topological polar surface area (TPSA) is 58.6 Å². The van der Waals surface area contributed by atoms with E-state index in [4.69, 9.17) is 44.6 Å². The first-order valence-corrected chi connectivity index (χ1v) is 9.54. The Bertz CT molecular complexity index is 849. The van der Waals surface area contributed by atoms with Gasteiger partial charge in [0.05, 0.1) is 22.2 Å². The highest BCUT2D eigenvalue weighted by Crippen LogP contribution is 2.36. The third kappa shape index (κ3) is 4.98. The Morgan fingerprint density at radius 1 is 1.19 bits per heavy atom. The summed E-state index contributed by atoms with van der Waals surface area (Å²) in [7, 11) is 0. The zero-order chi connectivity index (χ0) is 19.6. The Labute approximate surface area is 171 Å². The van der Waals surface area contributed by atoms with Crippen LogP contribution in [0.15, 0.2) is 24.3 Å². The fourth-order valence-electron chi connectivity index (χ4n) is 2.81. The van der Waals surface area contributed by atoms with E-state index in [2.05, 4.69) is 5.32 Å². The molecule has 0 radical (unpaired) electrons. The summed E-state index contributed by atoms with van der Waals surface area (Å²) in [6.07, 6.45) is 2.93. The maximum atomic E-state index is 14.8. The maximum absolute atomic E-state index is 14.8. The fourth-order valence-corrected chi connectivity index (χ4v) is 3.69. The van der Waals surface area contributed by atoms with Crippen LogP contribution in [0.25, 0.3) is 0 Å². The second-order valence-electron chi connectivity index (χ2n) is 6.45. The van der Waals surface area contributed by atoms with Crippen LogP contribution in [0.2, 0.25) is 15.1 Å². The van der Waals surface area contributed by atoms with Crippen LogP contribution in [0.5, 0.6) is 5.75 Å². The molecule has 4 nitrogen and oxygen atoms in total. The summed E-state index contributed by atoms with van der Waals surface area (Å²) in [6.45, 7) is -0.122. The van der Waals surface area contributed by atoms with E-state index < -0.39 is 11.8 Å². The van der Waals surface area contributed by atoms with E-state index in [0.29, 0.717) is 16.3 Å². The molecule has 2 N–H and O–H groups in total. The molecule has 27 heavy (non-hydrogen) atoms. The summed E-state index contributed by atoms with van der Waals surface area (Å²) in [5, 5.41) is 12.7. The molecule has 144 valence electrons. The van der Waals surface area contributed by atoms with Gasteiger partial charge in [0.2, 0.25) is 0 Å². The van der Waals surface area contributed by atoms with Gasteiger partial charge in [-0.15, -0.1) is 0 Å². The van der Waals surface area contributed by atoms with Crippen molar-refractivity contribution < 1.29 is 19.0 Å². The second-order valence-corrected chi connectivity index (χ2v) is 7.70. The lowest BCUT2D eigenvalue weighted by Crippen LogP contribution is -2.27. The van der Waals surface area contributed by atoms with Crippen molar-refractivity contribution in [3.05, 3.63) is 56.3 Å². The van der Waals surface area contributed by atoms with E-state index >= 15 is 0 Å². The molecule has 0 atom stereocenters. The third-order valence-electron chi connectivity index (χ3n) is 4.36. The number of halogens is 4. The zero-order valence-electron chi connectivity index (χ0n) is 14.2. The molecule has 0 aliphatic heterocycles. The number of rotatable bonds is 7. The van der Waals surface area contributed by atoms with Crippen molar-refractivity contribution in [2.75, 3.05) is 5.32 Å². The third-order valence-corrected chi connectivity index (χ3v) is 5.14. The van der Waals surface area contributed by atoms with Gasteiger partial charge < -0.3 is 15.2 Å². The van der Waals surface area contributed by atoms with Crippen molar-refractivity contribution in [2.24, 2.45) is 0 Å². The van der Waals surface area contributed by atoms with E-state index in [-0.39, 0.29) is 40.4 Å². The summed E-state index contributed by atoms with van der Waals surface area (Å²) in [6, 6.07) is 6.24. The molecule has 0 saturated heterocycles. The average molecular weight is 433 g/mol. The number of anilines is 1. The number of nitrogens with one attached hydrogen (secondary N) is 1. The van der Waals surface area contributed by atoms with E-state index in [9.17, 15) is 9.18 Å². The number of carboxylic acid groups (broad SMARTS) is 1. The number of ether oxygens (including phenoxy) is 1. The monoisotopic (exact) mass is 431 g/mol. The largest absolute Gasteiger partial charge is 0.486 e. The first-order chi connectivity index (χ1) is 12.8. The minimum Gasteiger partial charge on any atom is -0.486 e. The fraction of sp³-hybridized carbons (Fsp3) is 0.316. The average Bonchev–Trinajstić information content (AvgIpc) is 2.53. The van der Waals surface area contributed by atoms with Gasteiger partial charge in [0.15, 0.2) is 11.6 Å². The van der Waals surface area contributed by atoms with Crippen LogP contribution in [0.3, 0.4) is 0 Å². The summed E-state index contributed by atoms with van der Waals surface area (Å²) < 4.78 is 20.4. The van der Waals surface area contributed by atoms with E-state index in [1.54, 1.807) is 6.07 Å². The Morgan fingerprint density at radius 3 is 2.41 bits per heavy atom. The van der Waals surface area contributed by atoms with Crippen molar-refractivity contribution in [1.82, 2.24) is 0 Å². The summed E-state index contributed by atoms with van der Waals surface area (Å²) in [5.41, 5.74) is 1.07. The van der Waals surface area contributed by atoms with Crippen molar-refractivity contribution >= 4 is 46.5 Å². The van der Waals surface area contributed by atoms with Crippen molar-refractivity contribution in [2.45, 2.75) is 38.3 Å². The Hall–Kier alpha value is -1.69. The molecule has 0 bridgehead atoms. The van der Waals surface area contributed by atoms with Crippen LogP contribution in [0.4, 0.5) is 10.1 Å². The highest BCUT2D eigenvalue weighted by atomic mass is 35.5. The molecular weight excluding hydrogens is 416 g/mol. The quantitative estimate of drug-likeness (QED) is 0.567. The van der Waals surface area contributed by atoms with E-state index in [0.717, 1.165) is 19.3 Å². The molecule has 2 aromatic rings. The van der Waals surface area contributed by atoms with Gasteiger partial charge in [0, 0.05) is 16.6 Å². The smallest absolute Gasteiger partial charge is 0.307 e. The number of carbonyl (C=O) groups is 1. The molecule has 0 spiro atoms. The molecule has 1 aliphatic rings. The lowest BCUT2D eigenvalue weighted by Gasteiger charge is -2.28. The van der Waals surface area contributed by atoms with Crippen molar-refractivity contribution in [1.29, 1.82) is 0 Å². The molecule has 0 unspecified atom stereocenters. The van der Waals surface area contributed by atoms with Gasteiger partial charge in [-0.05, 0) is 49.1 Å². The molecule has 1 fully saturated rings. The minimum absolute atomic E-state index is 0.122. The molecule has 8 heteroatoms. The Morgan fingerprint density at radius 2 is 1.85 bits per heavy atom. The first-order valence-electron chi connectivity index (χ1n) is 8.40. The number of benzene rings is 2. The van der Waals surface area contributed by atoms with Crippen LogP contribution >= 0.6 is 34.8 Å². The van der Waals surface area contributed by atoms with Gasteiger partial charge in [-0.2, -0.15) is 0 Å². The van der Waals surface area contributed by atoms with Crippen LogP contribution in [-0.4, -0.2) is 17.1 Å². The second kappa shape index (κ2) is 8.55. The predicted molar refractivity (Wildman–Crippen MR) is 105 cm³/mol. The number of aliphatic carboxylic acids is 1. The lowest BCUT2D eigenvalue weighted by atomic mass is 9.93. The highest BCUT2D eigenvalue weighted by molar-refractivity contribution is 6.37. The van der Waals surface area contributed by atoms with Gasteiger partial charge in [-0.1, -0.05) is 34.8 Å². The van der Waals surface area contributed by atoms with Crippen molar-refractivity contribution in [3.8, 4) is 5.75 Å². The summed E-state index contributed by atoms with van der Waals surface area (Å²) in [5.74, 6) is -1.26. The molecule has 0 heterocycles. The minimum atomic E-state index is -0.997. The summed E-state index contributed by atoms with van der Waals surface area (Å²) >= 11 is 18.4. The maximum Gasteiger partial charge on any atom is 0.307 e. The molecule has 1 saturated carbocycles. The van der Waals surface area contributed by atoms with Crippen LogP contribution < -0.4 is 10.1 Å². The molecule has 0 aromatic heterocycles. The number of hydrogen-bond acceptors (Lipinski definition) is 3. The van der Waals surface area contributed by atoms with Crippen LogP contribution in [0, 0.1) is 5.82 Å². The lowest BCUT2D eigenvalue weighted by molar-refractivity contribution is -0.136. The molecule has 2 aromatic carbocycles. The first kappa shape index (κ1) is 20.1. The number of hydrogen-bond donors (Lipinski definition) is 2. The van der Waals surface area contributed by atoms with Gasteiger partial charge in [-0.25, -0.2) is 4.39 Å².